The summed E-state index contributed by atoms with van der Waals surface area (Å²) in [7, 11) is 1.67. The molecule has 0 radical (unpaired) electrons. The summed E-state index contributed by atoms with van der Waals surface area (Å²) in [6.45, 7) is 6.46. The molecule has 0 fully saturated rings. The molecule has 0 aromatic heterocycles. The van der Waals surface area contributed by atoms with E-state index in [2.05, 4.69) is 90.5 Å². The standard InChI is InChI=1S/C44H34BrNO4/c1-25-24-34-37(38-35(25)41(47)46(42(38)48)29-18-16-28(45)17-19-29)36-31-12-8-9-13-32(31)40-33(39(36)43(34,2)3)22-23-44(50-40,26-10-6-5-7-11-26)27-14-20-30(49-4)21-15-27/h5-24,42,48H,1-4H3. The first kappa shape index (κ1) is 30.9. The fourth-order valence-electron chi connectivity index (χ4n) is 8.51. The van der Waals surface area contributed by atoms with E-state index in [1.54, 1.807) is 7.11 Å². The molecule has 3 aliphatic rings. The minimum absolute atomic E-state index is 0.195. The van der Waals surface area contributed by atoms with Crippen molar-refractivity contribution < 1.29 is 19.4 Å². The molecule has 1 aliphatic carbocycles. The molecule has 2 atom stereocenters. The molecular formula is C44H34BrNO4. The molecule has 1 amide bonds. The summed E-state index contributed by atoms with van der Waals surface area (Å²) in [4.78, 5) is 15.7. The Labute approximate surface area is 299 Å². The number of hydrogen-bond donors (Lipinski definition) is 1. The number of methoxy groups -OCH3 is 1. The van der Waals surface area contributed by atoms with Crippen molar-refractivity contribution in [1.82, 2.24) is 0 Å². The molecule has 2 heterocycles. The van der Waals surface area contributed by atoms with Gasteiger partial charge in [0.2, 0.25) is 0 Å². The quantitative estimate of drug-likeness (QED) is 0.197. The highest BCUT2D eigenvalue weighted by Crippen LogP contribution is 2.61. The normalized spacial score (nSPS) is 19.5. The number of benzene rings is 6. The lowest BCUT2D eigenvalue weighted by molar-refractivity contribution is 0.0935. The summed E-state index contributed by atoms with van der Waals surface area (Å²) in [6, 6.07) is 36.4. The van der Waals surface area contributed by atoms with Crippen LogP contribution in [-0.4, -0.2) is 18.1 Å². The topological polar surface area (TPSA) is 59.0 Å². The second-order valence-corrected chi connectivity index (χ2v) is 14.8. The zero-order valence-corrected chi connectivity index (χ0v) is 29.7. The van der Waals surface area contributed by atoms with E-state index in [0.717, 1.165) is 71.3 Å². The van der Waals surface area contributed by atoms with Gasteiger partial charge in [0.1, 0.15) is 11.5 Å². The molecule has 6 aromatic rings. The van der Waals surface area contributed by atoms with Crippen molar-refractivity contribution in [2.45, 2.75) is 38.0 Å². The monoisotopic (exact) mass is 719 g/mol. The highest BCUT2D eigenvalue weighted by atomic mass is 79.9. The number of ether oxygens (including phenoxy) is 2. The highest BCUT2D eigenvalue weighted by Gasteiger charge is 2.49. The van der Waals surface area contributed by atoms with Crippen LogP contribution in [0.5, 0.6) is 11.5 Å². The maximum Gasteiger partial charge on any atom is 0.261 e. The second-order valence-electron chi connectivity index (χ2n) is 13.9. The number of nitrogens with zero attached hydrogens (tertiary/aromatic N) is 1. The highest BCUT2D eigenvalue weighted by molar-refractivity contribution is 9.10. The molecule has 0 bridgehead atoms. The number of carbonyl (C=O) groups is 1. The van der Waals surface area contributed by atoms with Crippen molar-refractivity contribution in [3.63, 3.8) is 0 Å². The number of aryl methyl sites for hydroxylation is 1. The minimum atomic E-state index is -1.14. The number of hydrogen-bond acceptors (Lipinski definition) is 4. The Morgan fingerprint density at radius 3 is 2.18 bits per heavy atom. The van der Waals surface area contributed by atoms with E-state index in [1.165, 1.54) is 4.90 Å². The number of carbonyl (C=O) groups excluding carboxylic acids is 1. The van der Waals surface area contributed by atoms with Crippen LogP contribution in [0.4, 0.5) is 5.69 Å². The predicted octanol–water partition coefficient (Wildman–Crippen LogP) is 10.2. The molecule has 1 N–H and O–H groups in total. The van der Waals surface area contributed by atoms with Crippen molar-refractivity contribution in [3.8, 4) is 22.6 Å². The number of anilines is 1. The molecule has 246 valence electrons. The molecule has 50 heavy (non-hydrogen) atoms. The fraction of sp³-hybridized carbons (Fsp3) is 0.159. The Balaban J connectivity index is 1.31. The molecule has 0 saturated heterocycles. The van der Waals surface area contributed by atoms with Gasteiger partial charge in [0.25, 0.3) is 5.91 Å². The maximum atomic E-state index is 14.2. The van der Waals surface area contributed by atoms with E-state index in [-0.39, 0.29) is 5.91 Å². The van der Waals surface area contributed by atoms with Crippen LogP contribution in [0.15, 0.2) is 120 Å². The lowest BCUT2D eigenvalue weighted by Crippen LogP contribution is -2.35. The van der Waals surface area contributed by atoms with Gasteiger partial charge in [-0.05, 0) is 82.6 Å². The van der Waals surface area contributed by atoms with Gasteiger partial charge in [0, 0.05) is 43.2 Å². The molecule has 9 rings (SSSR count). The van der Waals surface area contributed by atoms with E-state index >= 15 is 0 Å². The van der Waals surface area contributed by atoms with Gasteiger partial charge in [-0.15, -0.1) is 0 Å². The summed E-state index contributed by atoms with van der Waals surface area (Å²) in [5.74, 6) is 1.39. The predicted molar refractivity (Wildman–Crippen MR) is 202 cm³/mol. The van der Waals surface area contributed by atoms with Gasteiger partial charge in [-0.2, -0.15) is 0 Å². The van der Waals surface area contributed by atoms with E-state index in [0.29, 0.717) is 16.8 Å². The Kier molecular flexibility index (Phi) is 6.74. The average Bonchev–Trinajstić information content (AvgIpc) is 3.54. The van der Waals surface area contributed by atoms with E-state index in [4.69, 9.17) is 9.47 Å². The first-order chi connectivity index (χ1) is 24.2. The van der Waals surface area contributed by atoms with Crippen LogP contribution in [0.25, 0.3) is 28.0 Å². The molecule has 6 heteroatoms. The maximum absolute atomic E-state index is 14.2. The molecule has 5 nitrogen and oxygen atoms in total. The lowest BCUT2D eigenvalue weighted by Gasteiger charge is -2.38. The van der Waals surface area contributed by atoms with Gasteiger partial charge in [0.05, 0.1) is 12.7 Å². The summed E-state index contributed by atoms with van der Waals surface area (Å²) in [5, 5.41) is 14.1. The van der Waals surface area contributed by atoms with Gasteiger partial charge in [0.15, 0.2) is 11.8 Å². The molecule has 6 aromatic carbocycles. The number of rotatable bonds is 4. The summed E-state index contributed by atoms with van der Waals surface area (Å²) in [5.41, 5.74) is 8.61. The van der Waals surface area contributed by atoms with Crippen molar-refractivity contribution in [2.24, 2.45) is 0 Å². The van der Waals surface area contributed by atoms with Crippen LogP contribution < -0.4 is 14.4 Å². The van der Waals surface area contributed by atoms with Crippen LogP contribution in [0.3, 0.4) is 0 Å². The van der Waals surface area contributed by atoms with Crippen molar-refractivity contribution in [3.05, 3.63) is 164 Å². The average molecular weight is 721 g/mol. The zero-order chi connectivity index (χ0) is 34.5. The number of halogens is 1. The van der Waals surface area contributed by atoms with Crippen LogP contribution in [0.1, 0.15) is 69.4 Å². The molecule has 2 unspecified atom stereocenters. The molecular weight excluding hydrogens is 686 g/mol. The fourth-order valence-corrected chi connectivity index (χ4v) is 8.77. The molecule has 2 aliphatic heterocycles. The van der Waals surface area contributed by atoms with Gasteiger partial charge in [-0.1, -0.05) is 109 Å². The van der Waals surface area contributed by atoms with E-state index in [9.17, 15) is 9.90 Å². The van der Waals surface area contributed by atoms with E-state index in [1.807, 2.05) is 67.6 Å². The Bertz CT molecular complexity index is 2420. The van der Waals surface area contributed by atoms with Gasteiger partial charge in [-0.3, -0.25) is 9.69 Å². The minimum Gasteiger partial charge on any atom is -0.497 e. The molecule has 0 saturated carbocycles. The van der Waals surface area contributed by atoms with Gasteiger partial charge in [-0.25, -0.2) is 0 Å². The largest absolute Gasteiger partial charge is 0.497 e. The third-order valence-corrected chi connectivity index (χ3v) is 11.4. The van der Waals surface area contributed by atoms with E-state index < -0.39 is 17.2 Å². The number of fused-ring (bicyclic) bond motifs is 10. The third-order valence-electron chi connectivity index (χ3n) is 10.8. The Morgan fingerprint density at radius 2 is 1.48 bits per heavy atom. The third kappa shape index (κ3) is 4.12. The Hall–Kier alpha value is -5.17. The number of amides is 1. The van der Waals surface area contributed by atoms with Crippen LogP contribution in [0.2, 0.25) is 0 Å². The summed E-state index contributed by atoms with van der Waals surface area (Å²) < 4.78 is 13.8. The molecule has 0 spiro atoms. The van der Waals surface area contributed by atoms with Gasteiger partial charge >= 0.3 is 0 Å². The smallest absolute Gasteiger partial charge is 0.261 e. The van der Waals surface area contributed by atoms with Crippen LogP contribution >= 0.6 is 15.9 Å². The van der Waals surface area contributed by atoms with Crippen LogP contribution in [0, 0.1) is 6.92 Å². The van der Waals surface area contributed by atoms with Crippen molar-refractivity contribution >= 4 is 44.4 Å². The lowest BCUT2D eigenvalue weighted by atomic mass is 9.76. The van der Waals surface area contributed by atoms with Crippen molar-refractivity contribution in [1.29, 1.82) is 0 Å². The summed E-state index contributed by atoms with van der Waals surface area (Å²) in [6.07, 6.45) is 3.25. The SMILES string of the molecule is COc1ccc(C2(c3ccccc3)C=Cc3c4c(c5ccccc5c3O2)-c2c(cc(C)c3c2C(O)N(c2ccc(Br)cc2)C3=O)C4(C)C)cc1. The van der Waals surface area contributed by atoms with Crippen molar-refractivity contribution in [2.75, 3.05) is 12.0 Å². The van der Waals surface area contributed by atoms with Gasteiger partial charge < -0.3 is 14.6 Å². The Morgan fingerprint density at radius 1 is 0.820 bits per heavy atom. The summed E-state index contributed by atoms with van der Waals surface area (Å²) >= 11 is 3.50. The first-order valence-electron chi connectivity index (χ1n) is 16.8. The zero-order valence-electron chi connectivity index (χ0n) is 28.1. The first-order valence-corrected chi connectivity index (χ1v) is 17.6. The number of aliphatic hydroxyl groups is 1. The second kappa shape index (κ2) is 10.9. The number of aliphatic hydroxyl groups excluding tert-OH is 1. The van der Waals surface area contributed by atoms with Crippen LogP contribution in [-0.2, 0) is 11.0 Å².